The molecule has 0 fully saturated rings. The van der Waals surface area contributed by atoms with E-state index in [0.717, 1.165) is 5.69 Å². The van der Waals surface area contributed by atoms with E-state index in [1.54, 1.807) is 11.3 Å². The first-order valence-corrected chi connectivity index (χ1v) is 5.63. The van der Waals surface area contributed by atoms with Crippen molar-refractivity contribution in [2.75, 3.05) is 5.32 Å². The van der Waals surface area contributed by atoms with Crippen molar-refractivity contribution < 1.29 is 4.79 Å². The van der Waals surface area contributed by atoms with Crippen LogP contribution in [0.15, 0.2) is 16.8 Å². The maximum absolute atomic E-state index is 11.5. The second kappa shape index (κ2) is 5.00. The molecule has 1 unspecified atom stereocenters. The van der Waals surface area contributed by atoms with E-state index in [1.807, 2.05) is 37.6 Å². The van der Waals surface area contributed by atoms with E-state index >= 15 is 0 Å². The molecule has 0 saturated heterocycles. The fourth-order valence-electron chi connectivity index (χ4n) is 1.07. The SMILES string of the molecule is CC(C)NC(=O)C(C)Nc1ccsc1. The van der Waals surface area contributed by atoms with E-state index in [0.29, 0.717) is 0 Å². The zero-order chi connectivity index (χ0) is 10.6. The number of hydrogen-bond donors (Lipinski definition) is 2. The Kier molecular flexibility index (Phi) is 3.95. The molecule has 1 rings (SSSR count). The molecule has 1 amide bonds. The smallest absolute Gasteiger partial charge is 0.242 e. The highest BCUT2D eigenvalue weighted by molar-refractivity contribution is 7.08. The predicted molar refractivity (Wildman–Crippen MR) is 60.7 cm³/mol. The summed E-state index contributed by atoms with van der Waals surface area (Å²) in [7, 11) is 0. The van der Waals surface area contributed by atoms with E-state index < -0.39 is 0 Å². The topological polar surface area (TPSA) is 41.1 Å². The van der Waals surface area contributed by atoms with Crippen molar-refractivity contribution in [3.63, 3.8) is 0 Å². The Hall–Kier alpha value is -1.03. The molecule has 0 aliphatic heterocycles. The number of rotatable bonds is 4. The molecule has 4 heteroatoms. The minimum Gasteiger partial charge on any atom is -0.373 e. The van der Waals surface area contributed by atoms with Gasteiger partial charge in [0, 0.05) is 17.1 Å². The molecule has 0 aliphatic rings. The lowest BCUT2D eigenvalue weighted by Crippen LogP contribution is -2.40. The van der Waals surface area contributed by atoms with Crippen LogP contribution >= 0.6 is 11.3 Å². The van der Waals surface area contributed by atoms with Crippen molar-refractivity contribution >= 4 is 22.9 Å². The van der Waals surface area contributed by atoms with Gasteiger partial charge in [-0.15, -0.1) is 0 Å². The van der Waals surface area contributed by atoms with Crippen LogP contribution in [0, 0.1) is 0 Å². The first kappa shape index (κ1) is 11.0. The van der Waals surface area contributed by atoms with Crippen LogP contribution in [-0.2, 0) is 4.79 Å². The Morgan fingerprint density at radius 1 is 1.43 bits per heavy atom. The highest BCUT2D eigenvalue weighted by Crippen LogP contribution is 2.12. The number of nitrogens with one attached hydrogen (secondary N) is 2. The predicted octanol–water partition coefficient (Wildman–Crippen LogP) is 2.07. The van der Waals surface area contributed by atoms with Gasteiger partial charge in [-0.3, -0.25) is 4.79 Å². The lowest BCUT2D eigenvalue weighted by molar-refractivity contribution is -0.122. The maximum atomic E-state index is 11.5. The zero-order valence-corrected chi connectivity index (χ0v) is 9.52. The molecule has 0 spiro atoms. The molecule has 1 heterocycles. The molecule has 1 aromatic heterocycles. The van der Waals surface area contributed by atoms with Crippen LogP contribution in [0.1, 0.15) is 20.8 Å². The molecule has 0 saturated carbocycles. The first-order chi connectivity index (χ1) is 6.59. The highest BCUT2D eigenvalue weighted by atomic mass is 32.1. The fourth-order valence-corrected chi connectivity index (χ4v) is 1.67. The summed E-state index contributed by atoms with van der Waals surface area (Å²) >= 11 is 1.61. The molecule has 0 bridgehead atoms. The van der Waals surface area contributed by atoms with Gasteiger partial charge in [0.25, 0.3) is 0 Å². The average molecular weight is 212 g/mol. The molecule has 1 atom stereocenters. The van der Waals surface area contributed by atoms with Crippen LogP contribution in [0.4, 0.5) is 5.69 Å². The summed E-state index contributed by atoms with van der Waals surface area (Å²) in [5.41, 5.74) is 1.00. The second-order valence-corrected chi connectivity index (χ2v) is 4.32. The van der Waals surface area contributed by atoms with Crippen LogP contribution in [0.5, 0.6) is 0 Å². The molecule has 78 valence electrons. The Bertz CT molecular complexity index is 282. The number of hydrogen-bond acceptors (Lipinski definition) is 3. The van der Waals surface area contributed by atoms with Crippen LogP contribution in [0.2, 0.25) is 0 Å². The van der Waals surface area contributed by atoms with Gasteiger partial charge in [-0.2, -0.15) is 11.3 Å². The van der Waals surface area contributed by atoms with Crippen LogP contribution in [-0.4, -0.2) is 18.0 Å². The number of carbonyl (C=O) groups is 1. The standard InChI is InChI=1S/C10H16N2OS/c1-7(2)11-10(13)8(3)12-9-4-5-14-6-9/h4-8,12H,1-3H3,(H,11,13). The van der Waals surface area contributed by atoms with Gasteiger partial charge in [0.2, 0.25) is 5.91 Å². The summed E-state index contributed by atoms with van der Waals surface area (Å²) in [6, 6.07) is 1.96. The maximum Gasteiger partial charge on any atom is 0.242 e. The zero-order valence-electron chi connectivity index (χ0n) is 8.70. The molecule has 2 N–H and O–H groups in total. The normalized spacial score (nSPS) is 12.6. The Morgan fingerprint density at radius 3 is 2.64 bits per heavy atom. The monoisotopic (exact) mass is 212 g/mol. The minimum absolute atomic E-state index is 0.0335. The number of anilines is 1. The molecule has 0 radical (unpaired) electrons. The Labute approximate surface area is 88.5 Å². The van der Waals surface area contributed by atoms with Gasteiger partial charge < -0.3 is 10.6 Å². The molecule has 14 heavy (non-hydrogen) atoms. The third kappa shape index (κ3) is 3.38. The summed E-state index contributed by atoms with van der Waals surface area (Å²) in [6.07, 6.45) is 0. The van der Waals surface area contributed by atoms with Gasteiger partial charge in [0.15, 0.2) is 0 Å². The van der Waals surface area contributed by atoms with E-state index in [-0.39, 0.29) is 18.0 Å². The van der Waals surface area contributed by atoms with Gasteiger partial charge >= 0.3 is 0 Å². The van der Waals surface area contributed by atoms with E-state index in [4.69, 9.17) is 0 Å². The first-order valence-electron chi connectivity index (χ1n) is 4.68. The minimum atomic E-state index is -0.188. The van der Waals surface area contributed by atoms with Crippen molar-refractivity contribution in [1.82, 2.24) is 5.32 Å². The second-order valence-electron chi connectivity index (χ2n) is 3.54. The Morgan fingerprint density at radius 2 is 2.14 bits per heavy atom. The van der Waals surface area contributed by atoms with Gasteiger partial charge in [-0.25, -0.2) is 0 Å². The number of thiophene rings is 1. The molecule has 3 nitrogen and oxygen atoms in total. The summed E-state index contributed by atoms with van der Waals surface area (Å²) in [6.45, 7) is 5.76. The molecular formula is C10H16N2OS. The average Bonchev–Trinajstić information content (AvgIpc) is 2.55. The summed E-state index contributed by atoms with van der Waals surface area (Å²) < 4.78 is 0. The molecule has 1 aromatic rings. The van der Waals surface area contributed by atoms with E-state index in [1.165, 1.54) is 0 Å². The van der Waals surface area contributed by atoms with Crippen molar-refractivity contribution in [2.45, 2.75) is 32.9 Å². The summed E-state index contributed by atoms with van der Waals surface area (Å²) in [4.78, 5) is 11.5. The highest BCUT2D eigenvalue weighted by Gasteiger charge is 2.12. The third-order valence-electron chi connectivity index (χ3n) is 1.73. The van der Waals surface area contributed by atoms with Crippen molar-refractivity contribution in [1.29, 1.82) is 0 Å². The summed E-state index contributed by atoms with van der Waals surface area (Å²) in [5, 5.41) is 9.95. The Balaban J connectivity index is 2.42. The van der Waals surface area contributed by atoms with Crippen molar-refractivity contribution in [3.05, 3.63) is 16.8 Å². The summed E-state index contributed by atoms with van der Waals surface area (Å²) in [5.74, 6) is 0.0335. The van der Waals surface area contributed by atoms with Crippen molar-refractivity contribution in [3.8, 4) is 0 Å². The van der Waals surface area contributed by atoms with E-state index in [9.17, 15) is 4.79 Å². The van der Waals surface area contributed by atoms with Crippen LogP contribution in [0.25, 0.3) is 0 Å². The molecule has 0 aromatic carbocycles. The van der Waals surface area contributed by atoms with Crippen LogP contribution in [0.3, 0.4) is 0 Å². The van der Waals surface area contributed by atoms with Gasteiger partial charge in [0.05, 0.1) is 0 Å². The van der Waals surface area contributed by atoms with Gasteiger partial charge in [-0.1, -0.05) is 0 Å². The van der Waals surface area contributed by atoms with Gasteiger partial charge in [0.1, 0.15) is 6.04 Å². The fraction of sp³-hybridized carbons (Fsp3) is 0.500. The van der Waals surface area contributed by atoms with E-state index in [2.05, 4.69) is 10.6 Å². The lowest BCUT2D eigenvalue weighted by Gasteiger charge is -2.15. The van der Waals surface area contributed by atoms with Crippen LogP contribution < -0.4 is 10.6 Å². The molecular weight excluding hydrogens is 196 g/mol. The quantitative estimate of drug-likeness (QED) is 0.802. The lowest BCUT2D eigenvalue weighted by atomic mass is 10.2. The van der Waals surface area contributed by atoms with Gasteiger partial charge in [-0.05, 0) is 32.2 Å². The number of carbonyl (C=O) groups excluding carboxylic acids is 1. The third-order valence-corrected chi connectivity index (χ3v) is 2.41. The largest absolute Gasteiger partial charge is 0.373 e. The number of amides is 1. The molecule has 0 aliphatic carbocycles. The van der Waals surface area contributed by atoms with Crippen molar-refractivity contribution in [2.24, 2.45) is 0 Å².